The SMILES string of the molecule is CCCCCCNC(=O)Nc1ccc(CCc2nc3cccnc3n2-c2ccc(CCNC(=O)O)cc2)cc1. The summed E-state index contributed by atoms with van der Waals surface area (Å²) in [6.07, 6.45) is 7.36. The second-order valence-electron chi connectivity index (χ2n) is 9.50. The molecule has 0 bridgehead atoms. The maximum atomic E-state index is 12.1. The number of hydrogen-bond donors (Lipinski definition) is 4. The van der Waals surface area contributed by atoms with E-state index >= 15 is 0 Å². The molecule has 9 nitrogen and oxygen atoms in total. The number of aromatic nitrogens is 3. The van der Waals surface area contributed by atoms with E-state index in [2.05, 4.69) is 32.4 Å². The van der Waals surface area contributed by atoms with Gasteiger partial charge in [-0.25, -0.2) is 19.6 Å². The van der Waals surface area contributed by atoms with Crippen LogP contribution in [-0.2, 0) is 19.3 Å². The summed E-state index contributed by atoms with van der Waals surface area (Å²) in [6.45, 7) is 3.22. The summed E-state index contributed by atoms with van der Waals surface area (Å²) < 4.78 is 2.08. The number of aryl methyl sites for hydroxylation is 2. The summed E-state index contributed by atoms with van der Waals surface area (Å²) >= 11 is 0. The molecule has 204 valence electrons. The van der Waals surface area contributed by atoms with E-state index in [1.54, 1.807) is 6.20 Å². The van der Waals surface area contributed by atoms with E-state index in [-0.39, 0.29) is 6.03 Å². The van der Waals surface area contributed by atoms with Crippen LogP contribution in [0.4, 0.5) is 15.3 Å². The summed E-state index contributed by atoms with van der Waals surface area (Å²) in [5, 5.41) is 17.0. The first-order chi connectivity index (χ1) is 19.0. The number of nitrogens with zero attached hydrogens (tertiary/aromatic N) is 3. The van der Waals surface area contributed by atoms with Crippen LogP contribution in [0.3, 0.4) is 0 Å². The number of hydrogen-bond acceptors (Lipinski definition) is 4. The zero-order valence-electron chi connectivity index (χ0n) is 22.3. The van der Waals surface area contributed by atoms with E-state index in [4.69, 9.17) is 10.1 Å². The lowest BCUT2D eigenvalue weighted by atomic mass is 10.1. The number of unbranched alkanes of at least 4 members (excludes halogenated alkanes) is 3. The molecule has 2 aromatic heterocycles. The number of urea groups is 1. The van der Waals surface area contributed by atoms with Crippen LogP contribution in [-0.4, -0.2) is 44.9 Å². The van der Waals surface area contributed by atoms with Gasteiger partial charge in [0.05, 0.1) is 0 Å². The van der Waals surface area contributed by atoms with Crippen LogP contribution in [0.25, 0.3) is 16.9 Å². The number of nitrogens with one attached hydrogen (secondary N) is 3. The summed E-state index contributed by atoms with van der Waals surface area (Å²) in [5.41, 5.74) is 5.55. The summed E-state index contributed by atoms with van der Waals surface area (Å²) in [6, 6.07) is 19.6. The molecule has 0 fully saturated rings. The first-order valence-corrected chi connectivity index (χ1v) is 13.6. The highest BCUT2D eigenvalue weighted by Crippen LogP contribution is 2.22. The highest BCUT2D eigenvalue weighted by molar-refractivity contribution is 5.89. The third-order valence-electron chi connectivity index (χ3n) is 6.53. The van der Waals surface area contributed by atoms with Gasteiger partial charge in [0.1, 0.15) is 11.3 Å². The number of fused-ring (bicyclic) bond motifs is 1. The van der Waals surface area contributed by atoms with Crippen molar-refractivity contribution in [2.45, 2.75) is 51.9 Å². The number of carbonyl (C=O) groups excluding carboxylic acids is 1. The largest absolute Gasteiger partial charge is 0.465 e. The predicted octanol–water partition coefficient (Wildman–Crippen LogP) is 5.72. The Morgan fingerprint density at radius 3 is 2.33 bits per heavy atom. The number of imidazole rings is 1. The molecule has 4 N–H and O–H groups in total. The Kier molecular flexibility index (Phi) is 9.88. The Hall–Kier alpha value is -4.40. The number of carbonyl (C=O) groups is 2. The molecule has 0 unspecified atom stereocenters. The van der Waals surface area contributed by atoms with Crippen LogP contribution in [0.5, 0.6) is 0 Å². The average molecular weight is 529 g/mol. The molecule has 2 heterocycles. The van der Waals surface area contributed by atoms with Gasteiger partial charge in [-0.15, -0.1) is 0 Å². The van der Waals surface area contributed by atoms with Crippen molar-refractivity contribution in [2.75, 3.05) is 18.4 Å². The van der Waals surface area contributed by atoms with Gasteiger partial charge in [-0.1, -0.05) is 50.5 Å². The molecule has 0 saturated carbocycles. The standard InChI is InChI=1S/C30H36N6O3/c1-2-3-4-5-19-32-29(37)34-24-13-8-22(9-14-24)12-17-27-35-26-7-6-20-31-28(26)36(27)25-15-10-23(11-16-25)18-21-33-30(38)39/h6-11,13-16,20,33H,2-5,12,17-19,21H2,1H3,(H,38,39)(H2,32,34,37). The van der Waals surface area contributed by atoms with Crippen LogP contribution in [0.15, 0.2) is 66.9 Å². The van der Waals surface area contributed by atoms with Crippen LogP contribution >= 0.6 is 0 Å². The maximum Gasteiger partial charge on any atom is 0.404 e. The molecule has 0 aliphatic carbocycles. The zero-order valence-corrected chi connectivity index (χ0v) is 22.3. The number of pyridine rings is 1. The van der Waals surface area contributed by atoms with Gasteiger partial charge in [-0.3, -0.25) is 4.57 Å². The molecule has 0 aliphatic rings. The quantitative estimate of drug-likeness (QED) is 0.165. The molecule has 39 heavy (non-hydrogen) atoms. The molecule has 0 aliphatic heterocycles. The molecule has 0 atom stereocenters. The van der Waals surface area contributed by atoms with Gasteiger partial charge in [0, 0.05) is 37.1 Å². The minimum Gasteiger partial charge on any atom is -0.465 e. The Bertz CT molecular complexity index is 1370. The number of anilines is 1. The Morgan fingerprint density at radius 1 is 0.846 bits per heavy atom. The van der Waals surface area contributed by atoms with Gasteiger partial charge >= 0.3 is 12.1 Å². The predicted molar refractivity (Wildman–Crippen MR) is 154 cm³/mol. The molecule has 9 heteroatoms. The number of carboxylic acid groups (broad SMARTS) is 1. The van der Waals surface area contributed by atoms with E-state index in [1.165, 1.54) is 12.8 Å². The van der Waals surface area contributed by atoms with Crippen LogP contribution in [0.1, 0.15) is 49.6 Å². The fourth-order valence-corrected chi connectivity index (χ4v) is 4.46. The van der Waals surface area contributed by atoms with Gasteiger partial charge in [0.25, 0.3) is 0 Å². The average Bonchev–Trinajstić information content (AvgIpc) is 3.31. The first kappa shape index (κ1) is 27.6. The van der Waals surface area contributed by atoms with Crippen LogP contribution in [0, 0.1) is 0 Å². The van der Waals surface area contributed by atoms with E-state index in [1.807, 2.05) is 60.7 Å². The van der Waals surface area contributed by atoms with E-state index in [0.29, 0.717) is 25.9 Å². The lowest BCUT2D eigenvalue weighted by molar-refractivity contribution is 0.194. The van der Waals surface area contributed by atoms with Gasteiger partial charge in [0.15, 0.2) is 5.65 Å². The topological polar surface area (TPSA) is 121 Å². The highest BCUT2D eigenvalue weighted by Gasteiger charge is 2.14. The normalized spacial score (nSPS) is 10.9. The second kappa shape index (κ2) is 13.9. The Labute approximate surface area is 228 Å². The molecule has 2 aromatic carbocycles. The third-order valence-corrected chi connectivity index (χ3v) is 6.53. The maximum absolute atomic E-state index is 12.1. The minimum absolute atomic E-state index is 0.176. The van der Waals surface area contributed by atoms with E-state index in [0.717, 1.165) is 58.8 Å². The van der Waals surface area contributed by atoms with Crippen molar-refractivity contribution in [1.82, 2.24) is 25.2 Å². The lowest BCUT2D eigenvalue weighted by Gasteiger charge is -2.11. The minimum atomic E-state index is -1.02. The molecule has 0 saturated heterocycles. The first-order valence-electron chi connectivity index (χ1n) is 13.6. The molecular weight excluding hydrogens is 492 g/mol. The molecular formula is C30H36N6O3. The third kappa shape index (κ3) is 8.04. The second-order valence-corrected chi connectivity index (χ2v) is 9.50. The molecule has 0 spiro atoms. The number of rotatable bonds is 13. The summed E-state index contributed by atoms with van der Waals surface area (Å²) in [5.74, 6) is 0.911. The van der Waals surface area contributed by atoms with Crippen molar-refractivity contribution < 1.29 is 14.7 Å². The van der Waals surface area contributed by atoms with Crippen LogP contribution in [0.2, 0.25) is 0 Å². The summed E-state index contributed by atoms with van der Waals surface area (Å²) in [7, 11) is 0. The summed E-state index contributed by atoms with van der Waals surface area (Å²) in [4.78, 5) is 32.3. The van der Waals surface area contributed by atoms with E-state index < -0.39 is 6.09 Å². The van der Waals surface area contributed by atoms with E-state index in [9.17, 15) is 9.59 Å². The van der Waals surface area contributed by atoms with Gasteiger partial charge in [-0.05, 0) is 66.8 Å². The highest BCUT2D eigenvalue weighted by atomic mass is 16.4. The smallest absolute Gasteiger partial charge is 0.404 e. The van der Waals surface area contributed by atoms with Crippen molar-refractivity contribution in [3.8, 4) is 5.69 Å². The Morgan fingerprint density at radius 2 is 1.59 bits per heavy atom. The van der Waals surface area contributed by atoms with Crippen molar-refractivity contribution in [2.24, 2.45) is 0 Å². The van der Waals surface area contributed by atoms with Crippen LogP contribution < -0.4 is 16.0 Å². The molecule has 3 amide bonds. The fraction of sp³-hybridized carbons (Fsp3) is 0.333. The monoisotopic (exact) mass is 528 g/mol. The fourth-order valence-electron chi connectivity index (χ4n) is 4.46. The lowest BCUT2D eigenvalue weighted by Crippen LogP contribution is -2.29. The number of benzene rings is 2. The van der Waals surface area contributed by atoms with Gasteiger partial charge in [-0.2, -0.15) is 0 Å². The Balaban J connectivity index is 1.39. The van der Waals surface area contributed by atoms with Crippen molar-refractivity contribution in [1.29, 1.82) is 0 Å². The van der Waals surface area contributed by atoms with Crippen molar-refractivity contribution in [3.05, 3.63) is 83.8 Å². The van der Waals surface area contributed by atoms with Gasteiger partial charge in [0.2, 0.25) is 0 Å². The molecule has 0 radical (unpaired) electrons. The molecule has 4 aromatic rings. The van der Waals surface area contributed by atoms with Gasteiger partial charge < -0.3 is 21.1 Å². The zero-order chi connectivity index (χ0) is 27.5. The molecule has 4 rings (SSSR count). The number of amides is 3. The van der Waals surface area contributed by atoms with Crippen molar-refractivity contribution >= 4 is 29.0 Å². The van der Waals surface area contributed by atoms with Crippen molar-refractivity contribution in [3.63, 3.8) is 0 Å².